The molecule has 0 saturated carbocycles. The van der Waals surface area contributed by atoms with E-state index in [2.05, 4.69) is 26.6 Å². The van der Waals surface area contributed by atoms with Gasteiger partial charge < -0.3 is 21.3 Å². The number of nitrogens with two attached hydrogens (primary N) is 1. The maximum absolute atomic E-state index is 12.6. The molecule has 1 aliphatic heterocycles. The Morgan fingerprint density at radius 2 is 1.74 bits per heavy atom. The number of halogens is 1. The van der Waals surface area contributed by atoms with Crippen LogP contribution in [0.5, 0.6) is 0 Å². The predicted octanol–water partition coefficient (Wildman–Crippen LogP) is 3.49. The lowest BCUT2D eigenvalue weighted by atomic mass is 10.0. The van der Waals surface area contributed by atoms with Crippen LogP contribution in [0.3, 0.4) is 0 Å². The number of rotatable bonds is 7. The monoisotopic (exact) mass is 486 g/mol. The van der Waals surface area contributed by atoms with Crippen molar-refractivity contribution in [3.63, 3.8) is 0 Å². The minimum atomic E-state index is -0.688. The van der Waals surface area contributed by atoms with Crippen LogP contribution in [0.1, 0.15) is 53.2 Å². The first-order chi connectivity index (χ1) is 14.9. The number of hydrogen-bond donors (Lipinski definition) is 3. The molecule has 2 aromatic carbocycles. The van der Waals surface area contributed by atoms with Crippen molar-refractivity contribution in [2.75, 3.05) is 13.1 Å². The number of hydrogen-bond acceptors (Lipinski definition) is 3. The van der Waals surface area contributed by atoms with Gasteiger partial charge in [-0.1, -0.05) is 40.2 Å². The molecule has 1 heterocycles. The molecular formula is C23H27BrN4O3. The highest BCUT2D eigenvalue weighted by molar-refractivity contribution is 9.10. The summed E-state index contributed by atoms with van der Waals surface area (Å²) in [5.41, 5.74) is 7.62. The van der Waals surface area contributed by atoms with Crippen LogP contribution >= 0.6 is 15.9 Å². The standard InChI is InChI=1S/C23H27BrN4O3/c24-19-6-4-5-18(13-19)20(27-23(25)31)14-21(29)26-15-16-7-9-17(10-8-16)22(30)28-11-2-1-3-12-28/h4-10,13,20H,1-3,11-12,14-15H2,(H,26,29)(H3,25,27,31)/t20-/m1/s1. The van der Waals surface area contributed by atoms with Crippen LogP contribution in [0, 0.1) is 0 Å². The molecule has 0 bridgehead atoms. The van der Waals surface area contributed by atoms with E-state index >= 15 is 0 Å². The van der Waals surface area contributed by atoms with Crippen molar-refractivity contribution < 1.29 is 14.4 Å². The summed E-state index contributed by atoms with van der Waals surface area (Å²) in [5.74, 6) is -0.156. The second kappa shape index (κ2) is 10.9. The SMILES string of the molecule is NC(=O)N[C@H](CC(=O)NCc1ccc(C(=O)N2CCCCC2)cc1)c1cccc(Br)c1. The Kier molecular flexibility index (Phi) is 8.06. The number of urea groups is 1. The summed E-state index contributed by atoms with van der Waals surface area (Å²) in [4.78, 5) is 38.3. The van der Waals surface area contributed by atoms with Crippen molar-refractivity contribution in [2.24, 2.45) is 5.73 Å². The Hall–Kier alpha value is -2.87. The molecule has 4 N–H and O–H groups in total. The number of primary amides is 1. The van der Waals surface area contributed by atoms with Crippen molar-refractivity contribution >= 4 is 33.8 Å². The molecule has 3 rings (SSSR count). The van der Waals surface area contributed by atoms with E-state index in [4.69, 9.17) is 5.73 Å². The zero-order valence-electron chi connectivity index (χ0n) is 17.3. The number of amides is 4. The van der Waals surface area contributed by atoms with Crippen LogP contribution in [0.4, 0.5) is 4.79 Å². The molecule has 2 aromatic rings. The molecule has 0 aliphatic carbocycles. The summed E-state index contributed by atoms with van der Waals surface area (Å²) in [6.45, 7) is 1.96. The van der Waals surface area contributed by atoms with Crippen LogP contribution in [0.15, 0.2) is 53.0 Å². The lowest BCUT2D eigenvalue weighted by Gasteiger charge is -2.26. The van der Waals surface area contributed by atoms with Crippen LogP contribution < -0.4 is 16.4 Å². The normalized spacial score (nSPS) is 14.5. The van der Waals surface area contributed by atoms with Gasteiger partial charge in [0.25, 0.3) is 5.91 Å². The van der Waals surface area contributed by atoms with E-state index in [1.807, 2.05) is 41.3 Å². The summed E-state index contributed by atoms with van der Waals surface area (Å²) < 4.78 is 0.848. The third-order valence-electron chi connectivity index (χ3n) is 5.29. The van der Waals surface area contributed by atoms with Crippen molar-refractivity contribution in [3.8, 4) is 0 Å². The molecule has 0 spiro atoms. The zero-order chi connectivity index (χ0) is 22.2. The third kappa shape index (κ3) is 6.82. The Morgan fingerprint density at radius 1 is 1.03 bits per heavy atom. The first kappa shape index (κ1) is 22.8. The van der Waals surface area contributed by atoms with E-state index in [0.717, 1.165) is 41.5 Å². The molecule has 0 radical (unpaired) electrons. The van der Waals surface area contributed by atoms with Gasteiger partial charge in [0.1, 0.15) is 0 Å². The molecule has 164 valence electrons. The van der Waals surface area contributed by atoms with Gasteiger partial charge in [-0.05, 0) is 54.7 Å². The Labute approximate surface area is 190 Å². The van der Waals surface area contributed by atoms with Crippen LogP contribution in [0.25, 0.3) is 0 Å². The fourth-order valence-corrected chi connectivity index (χ4v) is 4.07. The van der Waals surface area contributed by atoms with E-state index in [-0.39, 0.29) is 18.2 Å². The van der Waals surface area contributed by atoms with Crippen molar-refractivity contribution in [1.29, 1.82) is 0 Å². The molecule has 1 saturated heterocycles. The molecule has 1 fully saturated rings. The highest BCUT2D eigenvalue weighted by atomic mass is 79.9. The topological polar surface area (TPSA) is 105 Å². The summed E-state index contributed by atoms with van der Waals surface area (Å²) in [7, 11) is 0. The van der Waals surface area contributed by atoms with Gasteiger partial charge >= 0.3 is 6.03 Å². The van der Waals surface area contributed by atoms with Gasteiger partial charge in [-0.3, -0.25) is 9.59 Å². The number of nitrogens with one attached hydrogen (secondary N) is 2. The van der Waals surface area contributed by atoms with Crippen LogP contribution in [0.2, 0.25) is 0 Å². The highest BCUT2D eigenvalue weighted by Crippen LogP contribution is 2.21. The van der Waals surface area contributed by atoms with E-state index in [0.29, 0.717) is 12.1 Å². The van der Waals surface area contributed by atoms with Crippen LogP contribution in [-0.2, 0) is 11.3 Å². The second-order valence-electron chi connectivity index (χ2n) is 7.65. The lowest BCUT2D eigenvalue weighted by Crippen LogP contribution is -2.36. The fraction of sp³-hybridized carbons (Fsp3) is 0.348. The molecule has 0 aromatic heterocycles. The van der Waals surface area contributed by atoms with Crippen LogP contribution in [-0.4, -0.2) is 35.8 Å². The van der Waals surface area contributed by atoms with Gasteiger partial charge in [-0.2, -0.15) is 0 Å². The number of carbonyl (C=O) groups is 3. The minimum absolute atomic E-state index is 0.0599. The summed E-state index contributed by atoms with van der Waals surface area (Å²) in [5, 5.41) is 5.48. The smallest absolute Gasteiger partial charge is 0.312 e. The van der Waals surface area contributed by atoms with Gasteiger partial charge in [0.05, 0.1) is 12.5 Å². The average Bonchev–Trinajstić information content (AvgIpc) is 2.77. The number of carbonyl (C=O) groups excluding carboxylic acids is 3. The van der Waals surface area contributed by atoms with Gasteiger partial charge in [-0.15, -0.1) is 0 Å². The molecular weight excluding hydrogens is 460 g/mol. The van der Waals surface area contributed by atoms with Crippen molar-refractivity contribution in [2.45, 2.75) is 38.3 Å². The first-order valence-corrected chi connectivity index (χ1v) is 11.2. The quantitative estimate of drug-likeness (QED) is 0.557. The van der Waals surface area contributed by atoms with E-state index < -0.39 is 12.1 Å². The highest BCUT2D eigenvalue weighted by Gasteiger charge is 2.19. The summed E-state index contributed by atoms with van der Waals surface area (Å²) in [6.07, 6.45) is 3.35. The van der Waals surface area contributed by atoms with Gasteiger partial charge in [-0.25, -0.2) is 4.79 Å². The zero-order valence-corrected chi connectivity index (χ0v) is 18.9. The van der Waals surface area contributed by atoms with E-state index in [1.54, 1.807) is 12.1 Å². The lowest BCUT2D eigenvalue weighted by molar-refractivity contribution is -0.121. The van der Waals surface area contributed by atoms with Gasteiger partial charge in [0.15, 0.2) is 0 Å². The largest absolute Gasteiger partial charge is 0.352 e. The molecule has 8 heteroatoms. The van der Waals surface area contributed by atoms with Gasteiger partial charge in [0, 0.05) is 29.7 Å². The second-order valence-corrected chi connectivity index (χ2v) is 8.56. The van der Waals surface area contributed by atoms with Crippen molar-refractivity contribution in [1.82, 2.24) is 15.5 Å². The predicted molar refractivity (Wildman–Crippen MR) is 122 cm³/mol. The fourth-order valence-electron chi connectivity index (χ4n) is 3.65. The number of likely N-dealkylation sites (tertiary alicyclic amines) is 1. The molecule has 7 nitrogen and oxygen atoms in total. The van der Waals surface area contributed by atoms with Crippen molar-refractivity contribution in [3.05, 3.63) is 69.7 Å². The minimum Gasteiger partial charge on any atom is -0.352 e. The maximum atomic E-state index is 12.6. The first-order valence-electron chi connectivity index (χ1n) is 10.4. The molecule has 4 amide bonds. The number of nitrogens with zero attached hydrogens (tertiary/aromatic N) is 1. The molecule has 31 heavy (non-hydrogen) atoms. The number of benzene rings is 2. The Morgan fingerprint density at radius 3 is 2.39 bits per heavy atom. The summed E-state index contributed by atoms with van der Waals surface area (Å²) in [6, 6.07) is 13.5. The van der Waals surface area contributed by atoms with E-state index in [1.165, 1.54) is 6.42 Å². The molecule has 0 unspecified atom stereocenters. The molecule has 1 atom stereocenters. The molecule has 1 aliphatic rings. The average molecular weight is 487 g/mol. The Balaban J connectivity index is 1.55. The Bertz CT molecular complexity index is 927. The summed E-state index contributed by atoms with van der Waals surface area (Å²) >= 11 is 3.39. The third-order valence-corrected chi connectivity index (χ3v) is 5.78. The van der Waals surface area contributed by atoms with Gasteiger partial charge in [0.2, 0.25) is 5.91 Å². The van der Waals surface area contributed by atoms with E-state index in [9.17, 15) is 14.4 Å². The maximum Gasteiger partial charge on any atom is 0.312 e. The number of piperidine rings is 1.